The first-order valence-electron chi connectivity index (χ1n) is 4.73. The molecule has 1 fully saturated rings. The predicted octanol–water partition coefficient (Wildman–Crippen LogP) is 0.704. The van der Waals surface area contributed by atoms with Crippen molar-refractivity contribution in [3.63, 3.8) is 0 Å². The molecule has 1 aromatic heterocycles. The lowest BCUT2D eigenvalue weighted by molar-refractivity contribution is 0.338. The van der Waals surface area contributed by atoms with E-state index < -0.39 is 0 Å². The first-order valence-corrected chi connectivity index (χ1v) is 4.73. The molecular weight excluding hydrogens is 162 g/mol. The van der Waals surface area contributed by atoms with Crippen LogP contribution in [0, 0.1) is 0 Å². The quantitative estimate of drug-likeness (QED) is 0.713. The highest BCUT2D eigenvalue weighted by Crippen LogP contribution is 2.11. The summed E-state index contributed by atoms with van der Waals surface area (Å²) in [6, 6.07) is 5.12. The van der Waals surface area contributed by atoms with Crippen LogP contribution in [-0.4, -0.2) is 24.1 Å². The van der Waals surface area contributed by atoms with Gasteiger partial charge in [-0.05, 0) is 18.6 Å². The number of hydrogen-bond donors (Lipinski definition) is 2. The average Bonchev–Trinajstić information content (AvgIpc) is 2.12. The maximum Gasteiger partial charge on any atom is 0.0322 e. The Hall–Kier alpha value is -0.930. The summed E-state index contributed by atoms with van der Waals surface area (Å²) in [5, 5.41) is 6.77. The molecule has 1 saturated heterocycles. The molecule has 3 nitrogen and oxygen atoms in total. The minimum absolute atomic E-state index is 0.404. The summed E-state index contributed by atoms with van der Waals surface area (Å²) in [7, 11) is 0. The minimum atomic E-state index is 0.404. The Kier molecular flexibility index (Phi) is 2.57. The van der Waals surface area contributed by atoms with E-state index in [4.69, 9.17) is 0 Å². The standard InChI is InChI=1S/C10H15N3/c1-8(13-10-6-12-7-10)9-3-2-4-11-5-9/h2-5,8,10,12-13H,6-7H2,1H3/t8-/m1/s1. The van der Waals surface area contributed by atoms with Crippen LogP contribution < -0.4 is 10.6 Å². The molecule has 0 aliphatic carbocycles. The van der Waals surface area contributed by atoms with Crippen LogP contribution in [0.4, 0.5) is 0 Å². The van der Waals surface area contributed by atoms with Crippen molar-refractivity contribution in [2.24, 2.45) is 0 Å². The van der Waals surface area contributed by atoms with Crippen LogP contribution in [0.3, 0.4) is 0 Å². The smallest absolute Gasteiger partial charge is 0.0322 e. The molecule has 70 valence electrons. The van der Waals surface area contributed by atoms with Gasteiger partial charge in [0.15, 0.2) is 0 Å². The Morgan fingerprint density at radius 3 is 3.00 bits per heavy atom. The SMILES string of the molecule is C[C@@H](NC1CNC1)c1cccnc1. The highest BCUT2D eigenvalue weighted by molar-refractivity contribution is 5.13. The normalized spacial score (nSPS) is 19.5. The van der Waals surface area contributed by atoms with Crippen LogP contribution in [0.1, 0.15) is 18.5 Å². The molecule has 0 aromatic carbocycles. The van der Waals surface area contributed by atoms with E-state index in [0.717, 1.165) is 13.1 Å². The molecule has 1 atom stereocenters. The Balaban J connectivity index is 1.92. The second-order valence-corrected chi connectivity index (χ2v) is 3.53. The van der Waals surface area contributed by atoms with Crippen LogP contribution in [-0.2, 0) is 0 Å². The Morgan fingerprint density at radius 2 is 2.46 bits per heavy atom. The summed E-state index contributed by atoms with van der Waals surface area (Å²) in [5.74, 6) is 0. The van der Waals surface area contributed by atoms with Crippen LogP contribution in [0.25, 0.3) is 0 Å². The average molecular weight is 177 g/mol. The zero-order valence-electron chi connectivity index (χ0n) is 7.83. The van der Waals surface area contributed by atoms with Crippen LogP contribution in [0.2, 0.25) is 0 Å². The molecular formula is C10H15N3. The van der Waals surface area contributed by atoms with Crippen molar-refractivity contribution in [1.29, 1.82) is 0 Å². The summed E-state index contributed by atoms with van der Waals surface area (Å²) < 4.78 is 0. The first-order chi connectivity index (χ1) is 6.36. The third-order valence-corrected chi connectivity index (χ3v) is 2.45. The van der Waals surface area contributed by atoms with Gasteiger partial charge in [0.05, 0.1) is 0 Å². The Morgan fingerprint density at radius 1 is 1.62 bits per heavy atom. The maximum atomic E-state index is 4.10. The van der Waals surface area contributed by atoms with E-state index in [0.29, 0.717) is 12.1 Å². The number of pyridine rings is 1. The van der Waals surface area contributed by atoms with Crippen molar-refractivity contribution >= 4 is 0 Å². The fourth-order valence-electron chi connectivity index (χ4n) is 1.49. The molecule has 2 heterocycles. The van der Waals surface area contributed by atoms with Crippen molar-refractivity contribution in [2.45, 2.75) is 19.0 Å². The zero-order chi connectivity index (χ0) is 9.10. The van der Waals surface area contributed by atoms with Crippen LogP contribution >= 0.6 is 0 Å². The maximum absolute atomic E-state index is 4.10. The van der Waals surface area contributed by atoms with Gasteiger partial charge in [0.25, 0.3) is 0 Å². The van der Waals surface area contributed by atoms with Gasteiger partial charge in [-0.25, -0.2) is 0 Å². The van der Waals surface area contributed by atoms with Gasteiger partial charge in [-0.2, -0.15) is 0 Å². The molecule has 3 heteroatoms. The highest BCUT2D eigenvalue weighted by Gasteiger charge is 2.18. The predicted molar refractivity (Wildman–Crippen MR) is 52.4 cm³/mol. The van der Waals surface area contributed by atoms with E-state index in [1.165, 1.54) is 5.56 Å². The lowest BCUT2D eigenvalue weighted by Gasteiger charge is -2.31. The molecule has 0 amide bonds. The third-order valence-electron chi connectivity index (χ3n) is 2.45. The van der Waals surface area contributed by atoms with Crippen LogP contribution in [0.15, 0.2) is 24.5 Å². The summed E-state index contributed by atoms with van der Waals surface area (Å²) in [5.41, 5.74) is 1.26. The molecule has 1 aromatic rings. The van der Waals surface area contributed by atoms with Gasteiger partial charge in [-0.3, -0.25) is 4.98 Å². The van der Waals surface area contributed by atoms with Crippen molar-refractivity contribution in [3.8, 4) is 0 Å². The summed E-state index contributed by atoms with van der Waals surface area (Å²) in [6.45, 7) is 4.35. The molecule has 0 bridgehead atoms. The monoisotopic (exact) mass is 177 g/mol. The van der Waals surface area contributed by atoms with Gasteiger partial charge in [0.1, 0.15) is 0 Å². The van der Waals surface area contributed by atoms with Crippen molar-refractivity contribution < 1.29 is 0 Å². The van der Waals surface area contributed by atoms with Crippen LogP contribution in [0.5, 0.6) is 0 Å². The fourth-order valence-corrected chi connectivity index (χ4v) is 1.49. The molecule has 1 aliphatic rings. The van der Waals surface area contributed by atoms with Gasteiger partial charge < -0.3 is 10.6 Å². The second-order valence-electron chi connectivity index (χ2n) is 3.53. The molecule has 0 radical (unpaired) electrons. The van der Waals surface area contributed by atoms with Gasteiger partial charge in [-0.15, -0.1) is 0 Å². The largest absolute Gasteiger partial charge is 0.314 e. The zero-order valence-corrected chi connectivity index (χ0v) is 7.83. The molecule has 2 rings (SSSR count). The number of nitrogens with zero attached hydrogens (tertiary/aromatic N) is 1. The Labute approximate surface area is 78.6 Å². The molecule has 1 aliphatic heterocycles. The van der Waals surface area contributed by atoms with Crippen molar-refractivity contribution in [2.75, 3.05) is 13.1 Å². The summed E-state index contributed by atoms with van der Waals surface area (Å²) >= 11 is 0. The Bertz CT molecular complexity index is 256. The lowest BCUT2D eigenvalue weighted by Crippen LogP contribution is -2.55. The second kappa shape index (κ2) is 3.85. The molecule has 0 unspecified atom stereocenters. The topological polar surface area (TPSA) is 37.0 Å². The van der Waals surface area contributed by atoms with Gasteiger partial charge in [-0.1, -0.05) is 6.07 Å². The third kappa shape index (κ3) is 2.05. The number of rotatable bonds is 3. The van der Waals surface area contributed by atoms with E-state index in [1.54, 1.807) is 6.20 Å². The number of hydrogen-bond acceptors (Lipinski definition) is 3. The van der Waals surface area contributed by atoms with Crippen molar-refractivity contribution in [3.05, 3.63) is 30.1 Å². The van der Waals surface area contributed by atoms with E-state index in [1.807, 2.05) is 12.3 Å². The van der Waals surface area contributed by atoms with E-state index in [2.05, 4.69) is 28.6 Å². The van der Waals surface area contributed by atoms with Gasteiger partial charge in [0.2, 0.25) is 0 Å². The minimum Gasteiger partial charge on any atom is -0.314 e. The molecule has 0 spiro atoms. The lowest BCUT2D eigenvalue weighted by atomic mass is 10.1. The van der Waals surface area contributed by atoms with E-state index in [9.17, 15) is 0 Å². The summed E-state index contributed by atoms with van der Waals surface area (Å²) in [6.07, 6.45) is 3.73. The highest BCUT2D eigenvalue weighted by atomic mass is 15.1. The molecule has 13 heavy (non-hydrogen) atoms. The van der Waals surface area contributed by atoms with Crippen molar-refractivity contribution in [1.82, 2.24) is 15.6 Å². The van der Waals surface area contributed by atoms with Gasteiger partial charge >= 0.3 is 0 Å². The number of aromatic nitrogens is 1. The fraction of sp³-hybridized carbons (Fsp3) is 0.500. The molecule has 0 saturated carbocycles. The van der Waals surface area contributed by atoms with Gasteiger partial charge in [0, 0.05) is 37.6 Å². The number of nitrogens with one attached hydrogen (secondary N) is 2. The summed E-state index contributed by atoms with van der Waals surface area (Å²) in [4.78, 5) is 4.10. The molecule has 2 N–H and O–H groups in total. The first kappa shape index (κ1) is 8.66. The van der Waals surface area contributed by atoms with E-state index in [-0.39, 0.29) is 0 Å². The van der Waals surface area contributed by atoms with E-state index >= 15 is 0 Å².